The van der Waals surface area contributed by atoms with Gasteiger partial charge in [-0.3, -0.25) is 9.69 Å². The lowest BCUT2D eigenvalue weighted by molar-refractivity contribution is -0.123. The average molecular weight is 224 g/mol. The Labute approximate surface area is 94.4 Å². The van der Waals surface area contributed by atoms with Crippen molar-refractivity contribution in [2.45, 2.75) is 6.54 Å². The van der Waals surface area contributed by atoms with Gasteiger partial charge in [-0.15, -0.1) is 0 Å². The zero-order valence-corrected chi connectivity index (χ0v) is 9.15. The van der Waals surface area contributed by atoms with E-state index in [1.807, 2.05) is 12.1 Å². The molecule has 1 N–H and O–H groups in total. The monoisotopic (exact) mass is 224 g/mol. The summed E-state index contributed by atoms with van der Waals surface area (Å²) in [5.74, 6) is 0.800. The van der Waals surface area contributed by atoms with Crippen molar-refractivity contribution >= 4 is 5.91 Å². The molecule has 5 heteroatoms. The molecular formula is C11H16N2O3. The third-order valence-electron chi connectivity index (χ3n) is 2.51. The minimum atomic E-state index is 0.0262. The maximum absolute atomic E-state index is 11.6. The van der Waals surface area contributed by atoms with Crippen molar-refractivity contribution in [2.75, 3.05) is 32.8 Å². The van der Waals surface area contributed by atoms with Crippen molar-refractivity contribution in [3.05, 3.63) is 24.2 Å². The largest absolute Gasteiger partial charge is 0.467 e. The number of rotatable bonds is 4. The van der Waals surface area contributed by atoms with Crippen LogP contribution in [0.1, 0.15) is 5.76 Å². The standard InChI is InChI=1S/C11H16N2O3/c14-11(9-13-3-6-15-7-4-13)12-8-10-2-1-5-16-10/h1-2,5H,3-4,6-9H2,(H,12,14). The van der Waals surface area contributed by atoms with Gasteiger partial charge in [0, 0.05) is 13.1 Å². The molecule has 0 aromatic carbocycles. The maximum atomic E-state index is 11.6. The summed E-state index contributed by atoms with van der Waals surface area (Å²) < 4.78 is 10.3. The minimum absolute atomic E-state index is 0.0262. The molecule has 1 aromatic heterocycles. The highest BCUT2D eigenvalue weighted by atomic mass is 16.5. The van der Waals surface area contributed by atoms with Gasteiger partial charge in [0.1, 0.15) is 5.76 Å². The third-order valence-corrected chi connectivity index (χ3v) is 2.51. The molecule has 1 saturated heterocycles. The van der Waals surface area contributed by atoms with Crippen LogP contribution in [0.4, 0.5) is 0 Å². The fraction of sp³-hybridized carbons (Fsp3) is 0.545. The number of ether oxygens (including phenoxy) is 1. The minimum Gasteiger partial charge on any atom is -0.467 e. The molecule has 0 aliphatic carbocycles. The van der Waals surface area contributed by atoms with Crippen molar-refractivity contribution in [2.24, 2.45) is 0 Å². The number of furan rings is 1. The Hall–Kier alpha value is -1.33. The molecule has 88 valence electrons. The number of carbonyl (C=O) groups is 1. The predicted octanol–water partition coefficient (Wildman–Crippen LogP) is 0.228. The van der Waals surface area contributed by atoms with Gasteiger partial charge in [0.25, 0.3) is 0 Å². The molecule has 1 amide bonds. The molecule has 0 spiro atoms. The van der Waals surface area contributed by atoms with Crippen LogP contribution < -0.4 is 5.32 Å². The number of hydrogen-bond acceptors (Lipinski definition) is 4. The van der Waals surface area contributed by atoms with Crippen LogP contribution in [0.25, 0.3) is 0 Å². The number of nitrogens with one attached hydrogen (secondary N) is 1. The molecule has 0 atom stereocenters. The summed E-state index contributed by atoms with van der Waals surface area (Å²) in [6, 6.07) is 3.65. The van der Waals surface area contributed by atoms with E-state index in [0.29, 0.717) is 26.3 Å². The van der Waals surface area contributed by atoms with Crippen LogP contribution in [-0.2, 0) is 16.1 Å². The van der Waals surface area contributed by atoms with E-state index in [9.17, 15) is 4.79 Å². The molecular weight excluding hydrogens is 208 g/mol. The Morgan fingerprint density at radius 2 is 2.25 bits per heavy atom. The van der Waals surface area contributed by atoms with Gasteiger partial charge in [-0.2, -0.15) is 0 Å². The zero-order chi connectivity index (χ0) is 11.2. The van der Waals surface area contributed by atoms with Gasteiger partial charge in [-0.05, 0) is 12.1 Å². The van der Waals surface area contributed by atoms with Crippen molar-refractivity contribution in [1.29, 1.82) is 0 Å². The summed E-state index contributed by atoms with van der Waals surface area (Å²) in [6.07, 6.45) is 1.60. The average Bonchev–Trinajstić information content (AvgIpc) is 2.81. The van der Waals surface area contributed by atoms with E-state index in [2.05, 4.69) is 10.2 Å². The topological polar surface area (TPSA) is 54.7 Å². The molecule has 1 aromatic rings. The predicted molar refractivity (Wildman–Crippen MR) is 57.8 cm³/mol. The molecule has 0 bridgehead atoms. The van der Waals surface area contributed by atoms with Crippen LogP contribution in [0.5, 0.6) is 0 Å². The molecule has 0 saturated carbocycles. The third kappa shape index (κ3) is 3.36. The first-order valence-corrected chi connectivity index (χ1v) is 5.44. The second-order valence-corrected chi connectivity index (χ2v) is 3.74. The normalized spacial score (nSPS) is 17.2. The number of amides is 1. The van der Waals surface area contributed by atoms with Crippen LogP contribution in [0.15, 0.2) is 22.8 Å². The first-order valence-electron chi connectivity index (χ1n) is 5.44. The lowest BCUT2D eigenvalue weighted by Gasteiger charge is -2.25. The van der Waals surface area contributed by atoms with Crippen molar-refractivity contribution in [3.8, 4) is 0 Å². The summed E-state index contributed by atoms with van der Waals surface area (Å²) in [7, 11) is 0. The second kappa shape index (κ2) is 5.67. The number of hydrogen-bond donors (Lipinski definition) is 1. The molecule has 0 radical (unpaired) electrons. The molecule has 5 nitrogen and oxygen atoms in total. The van der Waals surface area contributed by atoms with Crippen molar-refractivity contribution in [1.82, 2.24) is 10.2 Å². The Morgan fingerprint density at radius 3 is 2.94 bits per heavy atom. The SMILES string of the molecule is O=C(CN1CCOCC1)NCc1ccco1. The van der Waals surface area contributed by atoms with Gasteiger partial charge in [0.2, 0.25) is 5.91 Å². The Morgan fingerprint density at radius 1 is 1.44 bits per heavy atom. The fourth-order valence-corrected chi connectivity index (χ4v) is 1.62. The van der Waals surface area contributed by atoms with Gasteiger partial charge in [0.05, 0.1) is 32.6 Å². The van der Waals surface area contributed by atoms with Gasteiger partial charge in [-0.25, -0.2) is 0 Å². The molecule has 1 aliphatic heterocycles. The van der Waals surface area contributed by atoms with E-state index in [1.54, 1.807) is 6.26 Å². The molecule has 16 heavy (non-hydrogen) atoms. The Balaban J connectivity index is 1.67. The molecule has 1 fully saturated rings. The lowest BCUT2D eigenvalue weighted by Crippen LogP contribution is -2.42. The zero-order valence-electron chi connectivity index (χ0n) is 9.15. The highest BCUT2D eigenvalue weighted by molar-refractivity contribution is 5.77. The fourth-order valence-electron chi connectivity index (χ4n) is 1.62. The summed E-state index contributed by atoms with van der Waals surface area (Å²) in [6.45, 7) is 3.97. The summed E-state index contributed by atoms with van der Waals surface area (Å²) in [5, 5.41) is 2.82. The maximum Gasteiger partial charge on any atom is 0.234 e. The molecule has 2 rings (SSSR count). The quantitative estimate of drug-likeness (QED) is 0.795. The van der Waals surface area contributed by atoms with E-state index < -0.39 is 0 Å². The van der Waals surface area contributed by atoms with Crippen LogP contribution in [0.3, 0.4) is 0 Å². The second-order valence-electron chi connectivity index (χ2n) is 3.74. The van der Waals surface area contributed by atoms with E-state index in [1.165, 1.54) is 0 Å². The summed E-state index contributed by atoms with van der Waals surface area (Å²) >= 11 is 0. The van der Waals surface area contributed by atoms with Gasteiger partial charge in [-0.1, -0.05) is 0 Å². The Bertz CT molecular complexity index is 318. The first kappa shape index (κ1) is 11.2. The Kier molecular flexibility index (Phi) is 3.96. The number of carbonyl (C=O) groups excluding carboxylic acids is 1. The van der Waals surface area contributed by atoms with Crippen LogP contribution in [-0.4, -0.2) is 43.7 Å². The van der Waals surface area contributed by atoms with Crippen LogP contribution in [0.2, 0.25) is 0 Å². The van der Waals surface area contributed by atoms with Gasteiger partial charge < -0.3 is 14.5 Å². The number of nitrogens with zero attached hydrogens (tertiary/aromatic N) is 1. The molecule has 1 aliphatic rings. The molecule has 2 heterocycles. The lowest BCUT2D eigenvalue weighted by atomic mass is 10.4. The molecule has 0 unspecified atom stereocenters. The van der Waals surface area contributed by atoms with E-state index >= 15 is 0 Å². The van der Waals surface area contributed by atoms with Crippen molar-refractivity contribution < 1.29 is 13.9 Å². The van der Waals surface area contributed by atoms with Crippen LogP contribution >= 0.6 is 0 Å². The summed E-state index contributed by atoms with van der Waals surface area (Å²) in [4.78, 5) is 13.7. The highest BCUT2D eigenvalue weighted by Crippen LogP contribution is 1.99. The first-order chi connectivity index (χ1) is 7.84. The smallest absolute Gasteiger partial charge is 0.234 e. The van der Waals surface area contributed by atoms with E-state index in [-0.39, 0.29) is 5.91 Å². The van der Waals surface area contributed by atoms with Crippen molar-refractivity contribution in [3.63, 3.8) is 0 Å². The highest BCUT2D eigenvalue weighted by Gasteiger charge is 2.13. The van der Waals surface area contributed by atoms with Gasteiger partial charge in [0.15, 0.2) is 0 Å². The van der Waals surface area contributed by atoms with E-state index in [4.69, 9.17) is 9.15 Å². The number of morpholine rings is 1. The van der Waals surface area contributed by atoms with E-state index in [0.717, 1.165) is 18.8 Å². The van der Waals surface area contributed by atoms with Gasteiger partial charge >= 0.3 is 0 Å². The van der Waals surface area contributed by atoms with Crippen LogP contribution in [0, 0.1) is 0 Å². The summed E-state index contributed by atoms with van der Waals surface area (Å²) in [5.41, 5.74) is 0.